The number of nitrogens with zero attached hydrogens (tertiary/aromatic N) is 7. The Kier molecular flexibility index (Phi) is 13.8. The fraction of sp³-hybridized carbons (Fsp3) is 0.526. The third-order valence-corrected chi connectivity index (χ3v) is 17.2. The number of aromatic nitrogens is 3. The number of nitrogens with one attached hydrogen (secondary N) is 3. The van der Waals surface area contributed by atoms with Crippen LogP contribution >= 0.6 is 0 Å². The molecule has 1 unspecified atom stereocenters. The molecule has 6 heterocycles. The van der Waals surface area contributed by atoms with Crippen molar-refractivity contribution in [1.29, 1.82) is 5.41 Å². The average molecular weight is 1010 g/mol. The number of phenolic OH excluding ortho intramolecular Hbond substituents is 1. The summed E-state index contributed by atoms with van der Waals surface area (Å²) in [6, 6.07) is 12.6. The quantitative estimate of drug-likeness (QED) is 0.0622. The van der Waals surface area contributed by atoms with Gasteiger partial charge in [0.05, 0.1) is 23.6 Å². The van der Waals surface area contributed by atoms with Gasteiger partial charge in [-0.1, -0.05) is 32.0 Å². The van der Waals surface area contributed by atoms with Crippen molar-refractivity contribution < 1.29 is 33.0 Å². The van der Waals surface area contributed by atoms with E-state index in [1.807, 2.05) is 26.1 Å². The molecule has 3 aromatic carbocycles. The lowest BCUT2D eigenvalue weighted by molar-refractivity contribution is -0.142. The summed E-state index contributed by atoms with van der Waals surface area (Å²) in [5.74, 6) is -0.818. The molecule has 4 N–H and O–H groups in total. The van der Waals surface area contributed by atoms with Gasteiger partial charge < -0.3 is 35.3 Å². The van der Waals surface area contributed by atoms with Crippen molar-refractivity contribution in [3.8, 4) is 23.0 Å². The molecule has 74 heavy (non-hydrogen) atoms. The number of hydrogen-bond acceptors (Lipinski definition) is 13. The van der Waals surface area contributed by atoms with Crippen LogP contribution in [0, 0.1) is 40.2 Å². The lowest BCUT2D eigenvalue weighted by Crippen LogP contribution is -2.57. The topological polar surface area (TPSA) is 180 Å². The summed E-state index contributed by atoms with van der Waals surface area (Å²) in [5, 5.41) is 26.7. The van der Waals surface area contributed by atoms with E-state index in [1.54, 1.807) is 18.3 Å². The van der Waals surface area contributed by atoms with Crippen molar-refractivity contribution in [2.75, 3.05) is 82.8 Å². The number of aryl methyl sites for hydroxylation is 1. The summed E-state index contributed by atoms with van der Waals surface area (Å²) < 4.78 is 38.8. The maximum Gasteiger partial charge on any atom is 0.319 e. The highest BCUT2D eigenvalue weighted by Crippen LogP contribution is 2.47. The van der Waals surface area contributed by atoms with E-state index in [9.17, 15) is 19.5 Å². The first-order chi connectivity index (χ1) is 35.8. The predicted octanol–water partition coefficient (Wildman–Crippen LogP) is 8.05. The molecule has 3 amide bonds. The van der Waals surface area contributed by atoms with Crippen molar-refractivity contribution >= 4 is 56.6 Å². The third kappa shape index (κ3) is 9.77. The SMILES string of the molecule is CCc1c(F)ccc2cc(O)cc(-c3ncc4c(N5CCC[C@H](C)C5)nc(OCC5(CN6CCN(C7CC(C(=O)N8CCC(c9ccc(C(=N)C%10CCC(=O)NC%10=O)c(NC)c9)CC8)C7)CC6)CC5)nc4c3F)c12. The molecule has 4 saturated heterocycles. The van der Waals surface area contributed by atoms with Gasteiger partial charge in [0, 0.05) is 113 Å². The number of piperazine rings is 1. The second-order valence-corrected chi connectivity index (χ2v) is 22.2. The summed E-state index contributed by atoms with van der Waals surface area (Å²) in [5.41, 5.74) is 3.60. The molecule has 11 rings (SSSR count). The molecule has 0 spiro atoms. The number of ether oxygens (including phenoxy) is 1. The lowest BCUT2D eigenvalue weighted by atomic mass is 9.77. The van der Waals surface area contributed by atoms with E-state index in [2.05, 4.69) is 48.2 Å². The Bertz CT molecular complexity index is 3020. The van der Waals surface area contributed by atoms with Gasteiger partial charge in [0.15, 0.2) is 5.82 Å². The van der Waals surface area contributed by atoms with Crippen LogP contribution in [0.25, 0.3) is 32.9 Å². The molecule has 17 heteroatoms. The second kappa shape index (κ2) is 20.4. The highest BCUT2D eigenvalue weighted by molar-refractivity contribution is 6.17. The molecule has 2 aromatic heterocycles. The van der Waals surface area contributed by atoms with Crippen LogP contribution in [-0.2, 0) is 20.8 Å². The van der Waals surface area contributed by atoms with Crippen molar-refractivity contribution in [2.45, 2.75) is 96.4 Å². The average Bonchev–Trinajstić information content (AvgIpc) is 4.17. The molecular weight excluding hydrogens is 943 g/mol. The van der Waals surface area contributed by atoms with E-state index in [0.29, 0.717) is 76.0 Å². The van der Waals surface area contributed by atoms with Crippen LogP contribution < -0.4 is 20.3 Å². The number of piperidine rings is 3. The maximum atomic E-state index is 17.1. The van der Waals surface area contributed by atoms with E-state index in [-0.39, 0.29) is 58.3 Å². The number of phenols is 1. The van der Waals surface area contributed by atoms with Gasteiger partial charge in [-0.3, -0.25) is 29.6 Å². The number of anilines is 2. The monoisotopic (exact) mass is 1010 g/mol. The van der Waals surface area contributed by atoms with Crippen LogP contribution in [0.1, 0.15) is 101 Å². The number of carbonyl (C=O) groups is 3. The summed E-state index contributed by atoms with van der Waals surface area (Å²) in [6.45, 7) is 12.1. The first kappa shape index (κ1) is 49.9. The summed E-state index contributed by atoms with van der Waals surface area (Å²) in [6.07, 6.45) is 10.2. The van der Waals surface area contributed by atoms with E-state index >= 15 is 8.78 Å². The van der Waals surface area contributed by atoms with Crippen LogP contribution in [0.3, 0.4) is 0 Å². The molecular formula is C57H68F2N10O5. The van der Waals surface area contributed by atoms with Crippen molar-refractivity contribution in [2.24, 2.45) is 23.2 Å². The zero-order chi connectivity index (χ0) is 51.4. The van der Waals surface area contributed by atoms with Gasteiger partial charge in [-0.25, -0.2) is 8.78 Å². The summed E-state index contributed by atoms with van der Waals surface area (Å²) >= 11 is 0. The number of pyridine rings is 1. The molecule has 2 aliphatic carbocycles. The van der Waals surface area contributed by atoms with Crippen molar-refractivity contribution in [3.63, 3.8) is 0 Å². The number of fused-ring (bicyclic) bond motifs is 2. The normalized spacial score (nSPS) is 23.7. The molecule has 5 aromatic rings. The van der Waals surface area contributed by atoms with Crippen LogP contribution in [0.15, 0.2) is 48.7 Å². The van der Waals surface area contributed by atoms with Crippen LogP contribution in [-0.4, -0.2) is 137 Å². The molecule has 15 nitrogen and oxygen atoms in total. The van der Waals surface area contributed by atoms with E-state index in [1.165, 1.54) is 12.1 Å². The Balaban J connectivity index is 0.688. The zero-order valence-electron chi connectivity index (χ0n) is 42.8. The number of benzene rings is 3. The fourth-order valence-electron chi connectivity index (χ4n) is 12.6. The van der Waals surface area contributed by atoms with Crippen LogP contribution in [0.4, 0.5) is 20.3 Å². The standard InChI is InChI=1S/C57H68F2N10O5/c1-4-40-45(58)11-8-36-26-39(70)28-43(48(36)40)51-49(59)52-44(29-62-51)53(69-17-5-6-33(2)30-69)65-56(64-52)74-32-57(15-16-57)31-66-20-22-67(23-21-66)38-24-37(25-38)55(73)68-18-13-34(14-19-68)35-7-9-41(46(27-35)61-3)50(60)42-10-12-47(71)63-54(42)72/h7-9,11,26-29,33-34,37-38,42,60-61,70H,4-6,10,12-25,30-32H2,1-3H3,(H,63,71,72)/t33-,37?,38?,42?/m0/s1. The third-order valence-electron chi connectivity index (χ3n) is 17.2. The van der Waals surface area contributed by atoms with Crippen molar-refractivity contribution in [3.05, 3.63) is 77.0 Å². The molecule has 0 radical (unpaired) electrons. The predicted molar refractivity (Wildman–Crippen MR) is 281 cm³/mol. The van der Waals surface area contributed by atoms with E-state index in [0.717, 1.165) is 122 Å². The number of amides is 3. The molecule has 4 aliphatic heterocycles. The lowest BCUT2D eigenvalue weighted by Gasteiger charge is -2.47. The van der Waals surface area contributed by atoms with E-state index in [4.69, 9.17) is 20.1 Å². The Hall–Kier alpha value is -6.33. The molecule has 2 saturated carbocycles. The van der Waals surface area contributed by atoms with Crippen LogP contribution in [0.2, 0.25) is 0 Å². The highest BCUT2D eigenvalue weighted by atomic mass is 19.1. The Morgan fingerprint density at radius 3 is 2.47 bits per heavy atom. The smallest absolute Gasteiger partial charge is 0.319 e. The van der Waals surface area contributed by atoms with Gasteiger partial charge in [-0.15, -0.1) is 0 Å². The largest absolute Gasteiger partial charge is 0.508 e. The Labute approximate surface area is 430 Å². The van der Waals surface area contributed by atoms with Gasteiger partial charge in [0.25, 0.3) is 0 Å². The number of aromatic hydroxyl groups is 1. The number of imide groups is 1. The second-order valence-electron chi connectivity index (χ2n) is 22.2. The van der Waals surface area contributed by atoms with Gasteiger partial charge in [0.2, 0.25) is 17.7 Å². The Morgan fingerprint density at radius 1 is 0.973 bits per heavy atom. The number of rotatable bonds is 14. The number of hydrogen-bond donors (Lipinski definition) is 4. The molecule has 390 valence electrons. The van der Waals surface area contributed by atoms with Crippen molar-refractivity contribution in [1.82, 2.24) is 35.0 Å². The molecule has 6 aliphatic rings. The molecule has 2 atom stereocenters. The zero-order valence-corrected chi connectivity index (χ0v) is 42.8. The highest BCUT2D eigenvalue weighted by Gasteiger charge is 2.47. The minimum atomic E-state index is -0.668. The van der Waals surface area contributed by atoms with Gasteiger partial charge in [0.1, 0.15) is 28.6 Å². The van der Waals surface area contributed by atoms with Gasteiger partial charge in [-0.05, 0) is 122 Å². The first-order valence-corrected chi connectivity index (χ1v) is 27.0. The number of carbonyl (C=O) groups excluding carboxylic acids is 3. The summed E-state index contributed by atoms with van der Waals surface area (Å²) in [7, 11) is 1.82. The van der Waals surface area contributed by atoms with Gasteiger partial charge >= 0.3 is 6.01 Å². The minimum absolute atomic E-state index is 0.0151. The number of likely N-dealkylation sites (tertiary alicyclic amines) is 1. The summed E-state index contributed by atoms with van der Waals surface area (Å²) in [4.78, 5) is 61.6. The molecule has 6 fully saturated rings. The van der Waals surface area contributed by atoms with Gasteiger partial charge in [-0.2, -0.15) is 9.97 Å². The number of halogens is 2. The first-order valence-electron chi connectivity index (χ1n) is 27.0. The maximum absolute atomic E-state index is 17.1. The van der Waals surface area contributed by atoms with E-state index < -0.39 is 23.5 Å². The van der Waals surface area contributed by atoms with Crippen LogP contribution in [0.5, 0.6) is 11.8 Å². The minimum Gasteiger partial charge on any atom is -0.508 e. The fourth-order valence-corrected chi connectivity index (χ4v) is 12.6. The Morgan fingerprint density at radius 2 is 1.76 bits per heavy atom. The molecule has 0 bridgehead atoms.